The molecular weight excluding hydrogens is 590 g/mol. The molecule has 0 saturated heterocycles. The number of hydrogen-bond donors (Lipinski definition) is 3. The van der Waals surface area contributed by atoms with Crippen molar-refractivity contribution in [2.45, 2.75) is 65.6 Å². The van der Waals surface area contributed by atoms with Gasteiger partial charge in [0.05, 0.1) is 25.0 Å². The van der Waals surface area contributed by atoms with Gasteiger partial charge in [-0.2, -0.15) is 0 Å². The summed E-state index contributed by atoms with van der Waals surface area (Å²) in [6, 6.07) is 31.2. The van der Waals surface area contributed by atoms with Crippen LogP contribution in [0.5, 0.6) is 11.5 Å². The molecule has 0 spiro atoms. The monoisotopic (exact) mass is 637 g/mol. The van der Waals surface area contributed by atoms with E-state index in [1.54, 1.807) is 24.3 Å². The molecule has 4 aromatic rings. The number of carbonyl (C=O) groups excluding carboxylic acids is 2. The molecule has 0 saturated carbocycles. The fourth-order valence-corrected chi connectivity index (χ4v) is 5.57. The van der Waals surface area contributed by atoms with Crippen LogP contribution < -0.4 is 14.8 Å². The first kappa shape index (κ1) is 35.6. The molecule has 47 heavy (non-hydrogen) atoms. The highest BCUT2D eigenvalue weighted by atomic mass is 16.5. The van der Waals surface area contributed by atoms with Gasteiger partial charge in [0.2, 0.25) is 0 Å². The Bertz CT molecular complexity index is 1470. The summed E-state index contributed by atoms with van der Waals surface area (Å²) >= 11 is 0. The maximum absolute atomic E-state index is 12.6. The fraction of sp³-hybridized carbons (Fsp3) is 0.350. The number of esters is 2. The van der Waals surface area contributed by atoms with Crippen LogP contribution in [0.3, 0.4) is 0 Å². The van der Waals surface area contributed by atoms with Crippen LogP contribution in [0.1, 0.15) is 85.8 Å². The van der Waals surface area contributed by atoms with Gasteiger partial charge < -0.3 is 25.0 Å². The molecule has 0 fully saturated rings. The molecule has 3 N–H and O–H groups in total. The fourth-order valence-electron chi connectivity index (χ4n) is 5.57. The molecule has 0 amide bonds. The van der Waals surface area contributed by atoms with Gasteiger partial charge in [-0.05, 0) is 72.5 Å². The molecule has 4 aromatic carbocycles. The highest BCUT2D eigenvalue weighted by Gasteiger charge is 2.24. The van der Waals surface area contributed by atoms with Crippen molar-refractivity contribution >= 4 is 11.9 Å². The Balaban J connectivity index is 1.56. The van der Waals surface area contributed by atoms with Gasteiger partial charge >= 0.3 is 11.9 Å². The van der Waals surface area contributed by atoms with E-state index in [1.165, 1.54) is 0 Å². The first-order valence-electron chi connectivity index (χ1n) is 16.4. The van der Waals surface area contributed by atoms with Crippen LogP contribution in [0.2, 0.25) is 0 Å². The van der Waals surface area contributed by atoms with E-state index in [0.29, 0.717) is 24.6 Å². The third-order valence-electron chi connectivity index (χ3n) is 8.25. The summed E-state index contributed by atoms with van der Waals surface area (Å²) in [6.07, 6.45) is 1.44. The Kier molecular flexibility index (Phi) is 13.3. The number of benzene rings is 4. The van der Waals surface area contributed by atoms with E-state index >= 15 is 0 Å². The third kappa shape index (κ3) is 9.85. The first-order chi connectivity index (χ1) is 22.7. The largest absolute Gasteiger partial charge is 0.426 e. The molecule has 0 aliphatic carbocycles. The molecule has 0 aromatic heterocycles. The van der Waals surface area contributed by atoms with Crippen molar-refractivity contribution in [2.24, 2.45) is 11.8 Å². The lowest BCUT2D eigenvalue weighted by Crippen LogP contribution is -2.23. The van der Waals surface area contributed by atoms with E-state index in [-0.39, 0.29) is 48.8 Å². The second-order valence-corrected chi connectivity index (χ2v) is 12.5. The predicted octanol–water partition coefficient (Wildman–Crippen LogP) is 7.13. The van der Waals surface area contributed by atoms with Gasteiger partial charge in [-0.25, -0.2) is 0 Å². The van der Waals surface area contributed by atoms with Crippen molar-refractivity contribution < 1.29 is 29.3 Å². The highest BCUT2D eigenvalue weighted by Crippen LogP contribution is 2.37. The van der Waals surface area contributed by atoms with Gasteiger partial charge in [0.1, 0.15) is 11.5 Å². The van der Waals surface area contributed by atoms with E-state index in [0.717, 1.165) is 46.2 Å². The molecule has 0 radical (unpaired) electrons. The van der Waals surface area contributed by atoms with Crippen molar-refractivity contribution in [2.75, 3.05) is 13.1 Å². The number of nitrogens with one attached hydrogen (secondary N) is 1. The van der Waals surface area contributed by atoms with Gasteiger partial charge in [0, 0.05) is 23.0 Å². The van der Waals surface area contributed by atoms with Crippen molar-refractivity contribution in [1.29, 1.82) is 0 Å². The number of rotatable bonds is 16. The average Bonchev–Trinajstić information content (AvgIpc) is 3.09. The number of aliphatic hydroxyl groups is 2. The molecule has 0 bridgehead atoms. The number of ether oxygens (including phenoxy) is 2. The molecule has 0 unspecified atom stereocenters. The Labute approximate surface area is 278 Å². The van der Waals surface area contributed by atoms with E-state index in [2.05, 4.69) is 29.6 Å². The summed E-state index contributed by atoms with van der Waals surface area (Å²) in [6.45, 7) is 8.36. The minimum Gasteiger partial charge on any atom is -0.426 e. The zero-order chi connectivity index (χ0) is 33.8. The highest BCUT2D eigenvalue weighted by molar-refractivity contribution is 5.75. The zero-order valence-electron chi connectivity index (χ0n) is 27.8. The van der Waals surface area contributed by atoms with Gasteiger partial charge in [-0.15, -0.1) is 0 Å². The van der Waals surface area contributed by atoms with Crippen LogP contribution in [-0.2, 0) is 22.8 Å². The second-order valence-electron chi connectivity index (χ2n) is 12.5. The first-order valence-corrected chi connectivity index (χ1v) is 16.4. The third-order valence-corrected chi connectivity index (χ3v) is 8.25. The lowest BCUT2D eigenvalue weighted by atomic mass is 9.86. The second kappa shape index (κ2) is 17.6. The standard InChI is InChI=1S/C40H47NO6/c1-27(2)39(44)46-37-17-15-29(25-42)23-35(37)33(31-11-7-5-8-12-31)19-21-41-22-20-34(32-13-9-6-10-14-32)36-24-30(26-43)16-18-38(36)47-40(45)28(3)4/h5-18,23-24,27-28,33-34,41-43H,19-22,25-26H2,1-4H3/t33-,34+. The zero-order valence-corrected chi connectivity index (χ0v) is 27.8. The normalized spacial score (nSPS) is 12.6. The topological polar surface area (TPSA) is 105 Å². The molecule has 7 heteroatoms. The van der Waals surface area contributed by atoms with Crippen molar-refractivity contribution in [3.63, 3.8) is 0 Å². The molecule has 0 aliphatic heterocycles. The van der Waals surface area contributed by atoms with Crippen LogP contribution in [0.25, 0.3) is 0 Å². The van der Waals surface area contributed by atoms with Crippen LogP contribution >= 0.6 is 0 Å². The van der Waals surface area contributed by atoms with E-state index in [9.17, 15) is 19.8 Å². The number of aliphatic hydroxyl groups excluding tert-OH is 2. The lowest BCUT2D eigenvalue weighted by molar-refractivity contribution is -0.138. The van der Waals surface area contributed by atoms with Crippen LogP contribution in [-0.4, -0.2) is 35.2 Å². The van der Waals surface area contributed by atoms with Crippen LogP contribution in [0, 0.1) is 11.8 Å². The smallest absolute Gasteiger partial charge is 0.313 e. The molecular formula is C40H47NO6. The summed E-state index contributed by atoms with van der Waals surface area (Å²) in [4.78, 5) is 25.2. The summed E-state index contributed by atoms with van der Waals surface area (Å²) < 4.78 is 11.7. The van der Waals surface area contributed by atoms with Gasteiger partial charge in [-0.3, -0.25) is 9.59 Å². The maximum Gasteiger partial charge on any atom is 0.313 e. The minimum atomic E-state index is -0.302. The Morgan fingerprint density at radius 1 is 0.596 bits per heavy atom. The molecule has 4 rings (SSSR count). The van der Waals surface area contributed by atoms with Gasteiger partial charge in [-0.1, -0.05) is 100 Å². The maximum atomic E-state index is 12.6. The van der Waals surface area contributed by atoms with Gasteiger partial charge in [0.15, 0.2) is 0 Å². The minimum absolute atomic E-state index is 0.0848. The van der Waals surface area contributed by atoms with Gasteiger partial charge in [0.25, 0.3) is 0 Å². The van der Waals surface area contributed by atoms with E-state index in [4.69, 9.17) is 9.47 Å². The quantitative estimate of drug-likeness (QED) is 0.0682. The summed E-state index contributed by atoms with van der Waals surface area (Å²) in [5.74, 6) is -0.314. The van der Waals surface area contributed by atoms with Crippen LogP contribution in [0.4, 0.5) is 0 Å². The predicted molar refractivity (Wildman–Crippen MR) is 184 cm³/mol. The Hall–Kier alpha value is -4.30. The van der Waals surface area contributed by atoms with Crippen molar-refractivity contribution in [3.8, 4) is 11.5 Å². The summed E-state index contributed by atoms with van der Waals surface area (Å²) in [5, 5.41) is 23.5. The van der Waals surface area contributed by atoms with E-state index in [1.807, 2.05) is 76.2 Å². The molecule has 248 valence electrons. The molecule has 2 atom stereocenters. The SMILES string of the molecule is CC(C)C(=O)Oc1ccc(CO)cc1[C@H](CCNCC[C@@H](c1ccccc1)c1cc(CO)ccc1OC(=O)C(C)C)c1ccccc1. The summed E-state index contributed by atoms with van der Waals surface area (Å²) in [5.41, 5.74) is 5.40. The molecule has 0 aliphatic rings. The Morgan fingerprint density at radius 2 is 0.979 bits per heavy atom. The van der Waals surface area contributed by atoms with Crippen molar-refractivity contribution in [1.82, 2.24) is 5.32 Å². The number of hydrogen-bond acceptors (Lipinski definition) is 7. The summed E-state index contributed by atoms with van der Waals surface area (Å²) in [7, 11) is 0. The average molecular weight is 638 g/mol. The molecule has 0 heterocycles. The van der Waals surface area contributed by atoms with Crippen molar-refractivity contribution in [3.05, 3.63) is 130 Å². The lowest BCUT2D eigenvalue weighted by Gasteiger charge is -2.24. The Morgan fingerprint density at radius 3 is 1.32 bits per heavy atom. The van der Waals surface area contributed by atoms with E-state index < -0.39 is 0 Å². The number of carbonyl (C=O) groups is 2. The van der Waals surface area contributed by atoms with Crippen LogP contribution in [0.15, 0.2) is 97.1 Å². The molecule has 7 nitrogen and oxygen atoms in total.